The van der Waals surface area contributed by atoms with E-state index in [0.29, 0.717) is 23.3 Å². The Bertz CT molecular complexity index is 1330. The molecule has 0 spiro atoms. The normalized spacial score (nSPS) is 11.6. The average Bonchev–Trinajstić information content (AvgIpc) is 2.92. The van der Waals surface area contributed by atoms with Crippen LogP contribution in [-0.4, -0.2) is 48.5 Å². The molecule has 7 nitrogen and oxygen atoms in total. The Balaban J connectivity index is 0.00000645. The van der Waals surface area contributed by atoms with Gasteiger partial charge in [0.25, 0.3) is 0 Å². The third-order valence-corrected chi connectivity index (χ3v) is 6.17. The van der Waals surface area contributed by atoms with Gasteiger partial charge in [-0.25, -0.2) is 9.97 Å². The number of benzene rings is 2. The summed E-state index contributed by atoms with van der Waals surface area (Å²) in [5.41, 5.74) is -1.41. The van der Waals surface area contributed by atoms with E-state index in [2.05, 4.69) is 9.97 Å². The van der Waals surface area contributed by atoms with Crippen LogP contribution in [0.5, 0.6) is 11.5 Å². The third-order valence-electron chi connectivity index (χ3n) is 6.17. The standard InChI is InChI=1S/C28H29BF6N3O4.Na/c1-17(2)19-6-7-24(41-3)23(11-19)29-16-38(26-36-13-22(14-37-26)42-8-4-5-25(39)40)15-18-9-20(27(30,31)32)12-21(10-18)28(33,34)35;/h6-7,9-14,17H,4-5,8,15-16H2,1-3H3,(H,39,40);/q;+1. The summed E-state index contributed by atoms with van der Waals surface area (Å²) in [6.07, 6.45) is -7.24. The average molecular weight is 619 g/mol. The third kappa shape index (κ3) is 10.9. The quantitative estimate of drug-likeness (QED) is 0.179. The number of carboxylic acid groups (broad SMARTS) is 1. The topological polar surface area (TPSA) is 84.8 Å². The molecular weight excluding hydrogens is 590 g/mol. The van der Waals surface area contributed by atoms with Gasteiger partial charge in [-0.3, -0.25) is 4.79 Å². The molecule has 1 radical (unpaired) electrons. The number of ether oxygens (including phenoxy) is 2. The van der Waals surface area contributed by atoms with Gasteiger partial charge in [-0.15, -0.1) is 0 Å². The molecule has 0 aliphatic rings. The van der Waals surface area contributed by atoms with E-state index < -0.39 is 29.4 Å². The minimum Gasteiger partial charge on any atom is -0.497 e. The molecule has 0 aliphatic heterocycles. The number of carboxylic acids is 1. The zero-order valence-corrected chi connectivity index (χ0v) is 26.1. The summed E-state index contributed by atoms with van der Waals surface area (Å²) in [5.74, 6) is -0.0111. The van der Waals surface area contributed by atoms with E-state index in [-0.39, 0.29) is 91.2 Å². The van der Waals surface area contributed by atoms with Crippen molar-refractivity contribution in [3.63, 3.8) is 0 Å². The van der Waals surface area contributed by atoms with Crippen molar-refractivity contribution in [2.45, 2.75) is 51.5 Å². The summed E-state index contributed by atoms with van der Waals surface area (Å²) in [6, 6.07) is 6.99. The Kier molecular flexibility index (Phi) is 13.2. The Morgan fingerprint density at radius 1 is 1.00 bits per heavy atom. The Morgan fingerprint density at radius 3 is 2.12 bits per heavy atom. The fourth-order valence-corrected chi connectivity index (χ4v) is 3.99. The van der Waals surface area contributed by atoms with Gasteiger partial charge < -0.3 is 19.5 Å². The van der Waals surface area contributed by atoms with Crippen molar-refractivity contribution < 1.29 is 75.3 Å². The van der Waals surface area contributed by atoms with E-state index in [4.69, 9.17) is 14.6 Å². The molecule has 0 amide bonds. The van der Waals surface area contributed by atoms with Crippen LogP contribution in [0.1, 0.15) is 54.9 Å². The molecule has 0 aliphatic carbocycles. The van der Waals surface area contributed by atoms with Crippen molar-refractivity contribution in [1.82, 2.24) is 9.97 Å². The second-order valence-electron chi connectivity index (χ2n) is 9.72. The number of rotatable bonds is 13. The molecule has 1 aromatic heterocycles. The number of halogens is 6. The summed E-state index contributed by atoms with van der Waals surface area (Å²) in [6.45, 7) is 3.71. The smallest absolute Gasteiger partial charge is 0.497 e. The molecule has 43 heavy (non-hydrogen) atoms. The van der Waals surface area contributed by atoms with Crippen LogP contribution in [0.15, 0.2) is 48.8 Å². The molecule has 1 N–H and O–H groups in total. The molecule has 2 aromatic carbocycles. The van der Waals surface area contributed by atoms with Gasteiger partial charge in [-0.1, -0.05) is 26.0 Å². The van der Waals surface area contributed by atoms with Crippen molar-refractivity contribution in [3.05, 3.63) is 71.0 Å². The zero-order valence-electron chi connectivity index (χ0n) is 24.1. The molecule has 0 fully saturated rings. The number of anilines is 1. The molecule has 0 saturated carbocycles. The number of methoxy groups -OCH3 is 1. The fraction of sp³-hybridized carbons (Fsp3) is 0.393. The monoisotopic (exact) mass is 619 g/mol. The fourth-order valence-electron chi connectivity index (χ4n) is 3.99. The van der Waals surface area contributed by atoms with E-state index >= 15 is 0 Å². The first-order chi connectivity index (χ1) is 19.7. The van der Waals surface area contributed by atoms with Crippen LogP contribution < -0.4 is 49.4 Å². The number of hydrogen-bond donors (Lipinski definition) is 1. The molecule has 0 atom stereocenters. The minimum atomic E-state index is -4.99. The predicted molar refractivity (Wildman–Crippen MR) is 144 cm³/mol. The molecule has 225 valence electrons. The predicted octanol–water partition coefficient (Wildman–Crippen LogP) is 2.89. The molecule has 1 heterocycles. The van der Waals surface area contributed by atoms with Gasteiger partial charge in [0.05, 0.1) is 37.2 Å². The van der Waals surface area contributed by atoms with Crippen LogP contribution in [0.25, 0.3) is 0 Å². The molecule has 3 rings (SSSR count). The molecule has 15 heteroatoms. The van der Waals surface area contributed by atoms with Crippen LogP contribution in [-0.2, 0) is 23.7 Å². The molecule has 0 unspecified atom stereocenters. The van der Waals surface area contributed by atoms with Gasteiger partial charge in [-0.05, 0) is 59.6 Å². The Hall–Kier alpha value is -2.97. The number of alkyl halides is 6. The van der Waals surface area contributed by atoms with Gasteiger partial charge in [-0.2, -0.15) is 26.3 Å². The van der Waals surface area contributed by atoms with Crippen LogP contribution in [0.4, 0.5) is 32.3 Å². The maximum absolute atomic E-state index is 13.5. The second-order valence-corrected chi connectivity index (χ2v) is 9.72. The largest absolute Gasteiger partial charge is 1.00 e. The first kappa shape index (κ1) is 36.2. The van der Waals surface area contributed by atoms with Crippen molar-refractivity contribution in [3.8, 4) is 11.5 Å². The first-order valence-electron chi connectivity index (χ1n) is 12.9. The molecule has 3 aromatic rings. The van der Waals surface area contributed by atoms with Crippen LogP contribution in [0, 0.1) is 0 Å². The number of hydrogen-bond acceptors (Lipinski definition) is 6. The van der Waals surface area contributed by atoms with Gasteiger partial charge in [0.15, 0.2) is 13.0 Å². The summed E-state index contributed by atoms with van der Waals surface area (Å²) >= 11 is 0. The number of nitrogens with zero attached hydrogens (tertiary/aromatic N) is 3. The van der Waals surface area contributed by atoms with Crippen molar-refractivity contribution in [2.75, 3.05) is 25.1 Å². The Morgan fingerprint density at radius 2 is 1.60 bits per heavy atom. The van der Waals surface area contributed by atoms with E-state index in [9.17, 15) is 31.1 Å². The summed E-state index contributed by atoms with van der Waals surface area (Å²) in [5, 5.41) is 8.74. The SMILES string of the molecule is COc1ccc(C(C)C)cc1[B]CN(Cc1cc(C(F)(F)F)cc(C(F)(F)F)c1)c1ncc(OCCCC(=O)O)cn1.[Na+]. The minimum absolute atomic E-state index is 0. The van der Waals surface area contributed by atoms with E-state index in [0.717, 1.165) is 5.56 Å². The van der Waals surface area contributed by atoms with Crippen LogP contribution in [0.3, 0.4) is 0 Å². The molecular formula is C28H29BF6N3NaO4+. The van der Waals surface area contributed by atoms with Crippen molar-refractivity contribution >= 4 is 24.7 Å². The maximum atomic E-state index is 13.5. The summed E-state index contributed by atoms with van der Waals surface area (Å²) in [7, 11) is 3.21. The summed E-state index contributed by atoms with van der Waals surface area (Å²) < 4.78 is 91.8. The second kappa shape index (κ2) is 15.7. The van der Waals surface area contributed by atoms with E-state index in [1.165, 1.54) is 24.4 Å². The zero-order chi connectivity index (χ0) is 31.1. The van der Waals surface area contributed by atoms with Gasteiger partial charge in [0, 0.05) is 13.0 Å². The van der Waals surface area contributed by atoms with Gasteiger partial charge in [0.1, 0.15) is 5.75 Å². The van der Waals surface area contributed by atoms with E-state index in [1.54, 1.807) is 13.3 Å². The molecule has 0 bridgehead atoms. The van der Waals surface area contributed by atoms with Gasteiger partial charge in [0.2, 0.25) is 5.95 Å². The Labute approximate surface area is 268 Å². The number of carbonyl (C=O) groups is 1. The number of aliphatic carboxylic acids is 1. The van der Waals surface area contributed by atoms with Gasteiger partial charge >= 0.3 is 47.9 Å². The first-order valence-corrected chi connectivity index (χ1v) is 12.9. The maximum Gasteiger partial charge on any atom is 1.00 e. The van der Waals surface area contributed by atoms with Crippen molar-refractivity contribution in [2.24, 2.45) is 0 Å². The van der Waals surface area contributed by atoms with Crippen molar-refractivity contribution in [1.29, 1.82) is 0 Å². The van der Waals surface area contributed by atoms with Crippen LogP contribution in [0.2, 0.25) is 0 Å². The number of aromatic nitrogens is 2. The van der Waals surface area contributed by atoms with E-state index in [1.807, 2.05) is 26.0 Å². The van der Waals surface area contributed by atoms with Crippen LogP contribution >= 0.6 is 0 Å². The summed E-state index contributed by atoms with van der Waals surface area (Å²) in [4.78, 5) is 20.5. The molecule has 0 saturated heterocycles.